The third-order valence-corrected chi connectivity index (χ3v) is 5.51. The Morgan fingerprint density at radius 1 is 1.06 bits per heavy atom. The second-order valence-corrected chi connectivity index (χ2v) is 7.61. The first kappa shape index (κ1) is 25.9. The van der Waals surface area contributed by atoms with E-state index in [-0.39, 0.29) is 44.4 Å². The van der Waals surface area contributed by atoms with Gasteiger partial charge in [-0.15, -0.1) is 0 Å². The van der Waals surface area contributed by atoms with Crippen molar-refractivity contribution in [1.82, 2.24) is 9.55 Å². The summed E-state index contributed by atoms with van der Waals surface area (Å²) in [5, 5.41) is 0. The fourth-order valence-electron chi connectivity index (χ4n) is 3.44. The van der Waals surface area contributed by atoms with Gasteiger partial charge >= 0.3 is 5.97 Å². The van der Waals surface area contributed by atoms with E-state index in [2.05, 4.69) is 4.98 Å². The lowest BCUT2D eigenvalue weighted by Crippen LogP contribution is -2.43. The third kappa shape index (κ3) is 5.90. The molecule has 10 nitrogen and oxygen atoms in total. The average Bonchev–Trinajstić information content (AvgIpc) is 2.78. The van der Waals surface area contributed by atoms with Crippen LogP contribution in [0.15, 0.2) is 16.9 Å². The van der Waals surface area contributed by atoms with Gasteiger partial charge < -0.3 is 34.0 Å². The summed E-state index contributed by atoms with van der Waals surface area (Å²) >= 11 is 0. The van der Waals surface area contributed by atoms with Gasteiger partial charge in [-0.3, -0.25) is 4.79 Å². The van der Waals surface area contributed by atoms with E-state index in [0.717, 1.165) is 11.1 Å². The summed E-state index contributed by atoms with van der Waals surface area (Å²) < 4.78 is 28.0. The van der Waals surface area contributed by atoms with Crippen molar-refractivity contribution in [2.24, 2.45) is 11.7 Å². The van der Waals surface area contributed by atoms with Gasteiger partial charge in [0, 0.05) is 26.7 Å². The zero-order valence-corrected chi connectivity index (χ0v) is 19.5. The van der Waals surface area contributed by atoms with Crippen LogP contribution in [0.3, 0.4) is 0 Å². The fourth-order valence-corrected chi connectivity index (χ4v) is 3.44. The van der Waals surface area contributed by atoms with E-state index in [0.29, 0.717) is 11.0 Å². The second-order valence-electron chi connectivity index (χ2n) is 7.61. The summed E-state index contributed by atoms with van der Waals surface area (Å²) in [6.07, 6.45) is -0.902. The number of hydrogen-bond donors (Lipinski definition) is 1. The molecule has 2 aromatic rings. The molecule has 0 spiro atoms. The van der Waals surface area contributed by atoms with E-state index < -0.39 is 17.6 Å². The number of aryl methyl sites for hydroxylation is 2. The van der Waals surface area contributed by atoms with Gasteiger partial charge in [-0.05, 0) is 37.1 Å². The van der Waals surface area contributed by atoms with Crippen molar-refractivity contribution in [3.05, 3.63) is 39.3 Å². The second kappa shape index (κ2) is 12.0. The largest absolute Gasteiger partial charge is 0.464 e. The maximum Gasteiger partial charge on any atom is 0.362 e. The Labute approximate surface area is 187 Å². The van der Waals surface area contributed by atoms with Crippen LogP contribution < -0.4 is 11.3 Å². The summed E-state index contributed by atoms with van der Waals surface area (Å²) in [6.45, 7) is 6.25. The Morgan fingerprint density at radius 3 is 2.22 bits per heavy atom. The highest BCUT2D eigenvalue weighted by atomic mass is 16.7. The van der Waals surface area contributed by atoms with E-state index in [4.69, 9.17) is 29.4 Å². The van der Waals surface area contributed by atoms with Crippen molar-refractivity contribution in [2.75, 3.05) is 41.5 Å². The Bertz CT molecular complexity index is 976. The van der Waals surface area contributed by atoms with Crippen LogP contribution in [0.25, 0.3) is 11.0 Å². The molecule has 2 N–H and O–H groups in total. The molecule has 0 amide bonds. The minimum Gasteiger partial charge on any atom is -0.464 e. The number of hydrogen-bond acceptors (Lipinski definition) is 9. The Kier molecular flexibility index (Phi) is 9.73. The van der Waals surface area contributed by atoms with Crippen molar-refractivity contribution >= 4 is 17.0 Å². The molecule has 1 heterocycles. The lowest BCUT2D eigenvalue weighted by Gasteiger charge is -2.31. The molecule has 2 rings (SSSR count). The number of rotatable bonds is 12. The molecule has 1 aromatic heterocycles. The molecule has 32 heavy (non-hydrogen) atoms. The van der Waals surface area contributed by atoms with Gasteiger partial charge in [0.15, 0.2) is 0 Å². The van der Waals surface area contributed by atoms with Crippen LogP contribution in [-0.4, -0.2) is 69.2 Å². The summed E-state index contributed by atoms with van der Waals surface area (Å²) in [5.41, 5.74) is 8.14. The first-order valence-corrected chi connectivity index (χ1v) is 10.3. The van der Waals surface area contributed by atoms with Gasteiger partial charge in [-0.1, -0.05) is 6.92 Å². The smallest absolute Gasteiger partial charge is 0.362 e. The van der Waals surface area contributed by atoms with Gasteiger partial charge in [0.1, 0.15) is 13.6 Å². The number of nitrogens with two attached hydrogens (primary N) is 1. The van der Waals surface area contributed by atoms with Crippen molar-refractivity contribution in [2.45, 2.75) is 39.5 Å². The predicted octanol–water partition coefficient (Wildman–Crippen LogP) is 1.37. The van der Waals surface area contributed by atoms with E-state index in [1.165, 1.54) is 25.9 Å². The number of esters is 1. The molecule has 1 aromatic carbocycles. The molecule has 0 saturated carbocycles. The molecule has 0 aliphatic carbocycles. The molecule has 0 unspecified atom stereocenters. The van der Waals surface area contributed by atoms with Crippen molar-refractivity contribution in [3.8, 4) is 0 Å². The number of ether oxygens (including phenoxy) is 5. The standard InChI is InChI=1S/C22H33N3O7/c1-13-7-16-17(8-14(13)2)25(21(26)20(24-16)22(27)30-6)10-19(32-12-29-5)15(3)18(9-23)31-11-28-4/h7-8,15,18-19H,9-12,23H2,1-6H3/t15-,18-,19+/m1/s1. The Balaban J connectivity index is 2.60. The Morgan fingerprint density at radius 2 is 1.66 bits per heavy atom. The van der Waals surface area contributed by atoms with Crippen LogP contribution in [0.2, 0.25) is 0 Å². The average molecular weight is 452 g/mol. The normalized spacial score (nSPS) is 14.3. The molecule has 0 bridgehead atoms. The van der Waals surface area contributed by atoms with Crippen molar-refractivity contribution in [3.63, 3.8) is 0 Å². The lowest BCUT2D eigenvalue weighted by atomic mass is 9.97. The summed E-state index contributed by atoms with van der Waals surface area (Å²) in [5.74, 6) is -1.02. The van der Waals surface area contributed by atoms with E-state index >= 15 is 0 Å². The first-order chi connectivity index (χ1) is 15.3. The van der Waals surface area contributed by atoms with Crippen LogP contribution in [-0.2, 0) is 30.2 Å². The summed E-state index contributed by atoms with van der Waals surface area (Å²) in [7, 11) is 4.25. The molecule has 0 aliphatic heterocycles. The van der Waals surface area contributed by atoms with E-state index in [1.54, 1.807) is 0 Å². The number of carbonyl (C=O) groups is 1. The lowest BCUT2D eigenvalue weighted by molar-refractivity contribution is -0.140. The Hall–Kier alpha value is -2.37. The molecular weight excluding hydrogens is 418 g/mol. The van der Waals surface area contributed by atoms with Crippen molar-refractivity contribution < 1.29 is 28.5 Å². The van der Waals surface area contributed by atoms with Gasteiger partial charge in [0.25, 0.3) is 5.56 Å². The number of aromatic nitrogens is 2. The number of fused-ring (bicyclic) bond motifs is 1. The van der Waals surface area contributed by atoms with E-state index in [1.807, 2.05) is 32.9 Å². The van der Waals surface area contributed by atoms with Crippen LogP contribution in [0, 0.1) is 19.8 Å². The summed E-state index contributed by atoms with van der Waals surface area (Å²) in [4.78, 5) is 29.8. The number of methoxy groups -OCH3 is 3. The minimum absolute atomic E-state index is 0.0103. The van der Waals surface area contributed by atoms with Gasteiger partial charge in [0.2, 0.25) is 5.69 Å². The van der Waals surface area contributed by atoms with Crippen LogP contribution in [0.4, 0.5) is 0 Å². The molecule has 0 aliphatic rings. The van der Waals surface area contributed by atoms with Crippen LogP contribution in [0.5, 0.6) is 0 Å². The quantitative estimate of drug-likeness (QED) is 0.376. The zero-order chi connectivity index (χ0) is 23.8. The highest BCUT2D eigenvalue weighted by Crippen LogP contribution is 2.21. The number of benzene rings is 1. The van der Waals surface area contributed by atoms with Gasteiger partial charge in [-0.25, -0.2) is 9.78 Å². The molecule has 0 radical (unpaired) electrons. The summed E-state index contributed by atoms with van der Waals surface area (Å²) in [6, 6.07) is 3.71. The molecule has 0 fully saturated rings. The molecule has 10 heteroatoms. The number of nitrogens with zero attached hydrogens (tertiary/aromatic N) is 2. The van der Waals surface area contributed by atoms with Crippen LogP contribution >= 0.6 is 0 Å². The topological polar surface area (TPSA) is 124 Å². The van der Waals surface area contributed by atoms with Gasteiger partial charge in [-0.2, -0.15) is 0 Å². The maximum atomic E-state index is 13.3. The molecule has 0 saturated heterocycles. The molecular formula is C22H33N3O7. The SMILES string of the molecule is COCO[C@@H](Cn1c(=O)c(C(=O)OC)nc2cc(C)c(C)cc21)[C@H](C)[C@@H](CN)OCOC. The van der Waals surface area contributed by atoms with E-state index in [9.17, 15) is 9.59 Å². The highest BCUT2D eigenvalue weighted by Gasteiger charge is 2.29. The maximum absolute atomic E-state index is 13.3. The van der Waals surface area contributed by atoms with Crippen LogP contribution in [0.1, 0.15) is 28.5 Å². The molecule has 178 valence electrons. The highest BCUT2D eigenvalue weighted by molar-refractivity contribution is 5.89. The van der Waals surface area contributed by atoms with Gasteiger partial charge in [0.05, 0.1) is 36.9 Å². The predicted molar refractivity (Wildman–Crippen MR) is 119 cm³/mol. The first-order valence-electron chi connectivity index (χ1n) is 10.3. The van der Waals surface area contributed by atoms with Crippen molar-refractivity contribution in [1.29, 1.82) is 0 Å². The zero-order valence-electron chi connectivity index (χ0n) is 19.5. The number of carbonyl (C=O) groups excluding carboxylic acids is 1. The third-order valence-electron chi connectivity index (χ3n) is 5.51. The minimum atomic E-state index is -0.797. The molecule has 3 atom stereocenters. The fraction of sp³-hybridized carbons (Fsp3) is 0.591. The monoisotopic (exact) mass is 451 g/mol.